The first-order chi connectivity index (χ1) is 11.3. The van der Waals surface area contributed by atoms with E-state index in [1.807, 2.05) is 24.3 Å². The molecule has 23 heavy (non-hydrogen) atoms. The Morgan fingerprint density at radius 2 is 2.04 bits per heavy atom. The number of hydrogen-bond donors (Lipinski definition) is 2. The molecule has 3 atom stereocenters. The fraction of sp³-hybridized carbons (Fsp3) is 0.444. The molecule has 1 saturated heterocycles. The highest BCUT2D eigenvalue weighted by molar-refractivity contribution is 5.95. The first-order valence-corrected chi connectivity index (χ1v) is 8.35. The maximum Gasteiger partial charge on any atom is 0.241 e. The molecule has 1 aliphatic carbocycles. The van der Waals surface area contributed by atoms with E-state index in [0.29, 0.717) is 12.0 Å². The third-order valence-electron chi connectivity index (χ3n) is 5.05. The van der Waals surface area contributed by atoms with E-state index in [9.17, 15) is 4.79 Å². The van der Waals surface area contributed by atoms with Gasteiger partial charge in [-0.25, -0.2) is 4.98 Å². The normalized spacial score (nSPS) is 26.7. The van der Waals surface area contributed by atoms with Crippen molar-refractivity contribution in [2.75, 3.05) is 5.32 Å². The molecule has 3 unspecified atom stereocenters. The predicted molar refractivity (Wildman–Crippen MR) is 87.9 cm³/mol. The first-order valence-electron chi connectivity index (χ1n) is 8.35. The molecular formula is C18H21N3O2. The van der Waals surface area contributed by atoms with Crippen LogP contribution >= 0.6 is 0 Å². The van der Waals surface area contributed by atoms with Gasteiger partial charge in [0, 0.05) is 17.3 Å². The molecule has 120 valence electrons. The van der Waals surface area contributed by atoms with Gasteiger partial charge in [0.05, 0.1) is 12.2 Å². The van der Waals surface area contributed by atoms with Crippen molar-refractivity contribution in [1.29, 1.82) is 0 Å². The van der Waals surface area contributed by atoms with Crippen molar-refractivity contribution in [3.05, 3.63) is 36.9 Å². The van der Waals surface area contributed by atoms with Crippen molar-refractivity contribution >= 4 is 11.6 Å². The summed E-state index contributed by atoms with van der Waals surface area (Å²) in [6.45, 7) is 0. The lowest BCUT2D eigenvalue weighted by atomic mass is 9.85. The molecule has 1 aromatic carbocycles. The summed E-state index contributed by atoms with van der Waals surface area (Å²) in [4.78, 5) is 16.4. The second-order valence-corrected chi connectivity index (χ2v) is 6.54. The average molecular weight is 311 g/mol. The van der Waals surface area contributed by atoms with Crippen LogP contribution in [0.4, 0.5) is 5.69 Å². The van der Waals surface area contributed by atoms with Gasteiger partial charge >= 0.3 is 0 Å². The Morgan fingerprint density at radius 3 is 2.78 bits per heavy atom. The minimum absolute atomic E-state index is 0.0583. The number of oxazole rings is 1. The summed E-state index contributed by atoms with van der Waals surface area (Å²) in [6, 6.07) is 8.14. The lowest BCUT2D eigenvalue weighted by Crippen LogP contribution is -2.39. The van der Waals surface area contributed by atoms with Gasteiger partial charge in [0.25, 0.3) is 0 Å². The lowest BCUT2D eigenvalue weighted by Gasteiger charge is -2.24. The number of anilines is 1. The Kier molecular flexibility index (Phi) is 3.87. The van der Waals surface area contributed by atoms with Crippen LogP contribution in [-0.2, 0) is 4.79 Å². The number of amides is 1. The average Bonchev–Trinajstić information content (AvgIpc) is 3.25. The topological polar surface area (TPSA) is 67.2 Å². The highest BCUT2D eigenvalue weighted by atomic mass is 16.3. The number of benzene rings is 1. The number of aromatic nitrogens is 1. The van der Waals surface area contributed by atoms with E-state index in [4.69, 9.17) is 4.42 Å². The molecule has 2 N–H and O–H groups in total. The Balaban J connectivity index is 1.39. The van der Waals surface area contributed by atoms with Crippen LogP contribution in [0.15, 0.2) is 41.3 Å². The van der Waals surface area contributed by atoms with Gasteiger partial charge in [0.15, 0.2) is 12.2 Å². The van der Waals surface area contributed by atoms with E-state index in [0.717, 1.165) is 23.4 Å². The molecule has 2 heterocycles. The molecule has 5 nitrogen and oxygen atoms in total. The van der Waals surface area contributed by atoms with Crippen molar-refractivity contribution in [2.45, 2.75) is 44.2 Å². The summed E-state index contributed by atoms with van der Waals surface area (Å²) in [5.41, 5.74) is 1.76. The quantitative estimate of drug-likeness (QED) is 0.913. The van der Waals surface area contributed by atoms with Crippen molar-refractivity contribution in [3.8, 4) is 11.3 Å². The highest BCUT2D eigenvalue weighted by Gasteiger charge is 2.38. The number of nitrogens with zero attached hydrogens (tertiary/aromatic N) is 1. The van der Waals surface area contributed by atoms with Crippen molar-refractivity contribution in [3.63, 3.8) is 0 Å². The fourth-order valence-electron chi connectivity index (χ4n) is 3.83. The molecule has 0 radical (unpaired) electrons. The number of carbonyl (C=O) groups excluding carboxylic acids is 1. The molecule has 2 aliphatic rings. The zero-order chi connectivity index (χ0) is 15.6. The summed E-state index contributed by atoms with van der Waals surface area (Å²) in [5, 5.41) is 6.53. The lowest BCUT2D eigenvalue weighted by molar-refractivity contribution is -0.117. The Bertz CT molecular complexity index is 652. The van der Waals surface area contributed by atoms with E-state index >= 15 is 0 Å². The number of nitrogens with one attached hydrogen (secondary N) is 2. The van der Waals surface area contributed by atoms with Gasteiger partial charge in [0.1, 0.15) is 0 Å². The molecular weight excluding hydrogens is 290 g/mol. The van der Waals surface area contributed by atoms with Gasteiger partial charge < -0.3 is 15.1 Å². The molecule has 1 aliphatic heterocycles. The van der Waals surface area contributed by atoms with Crippen LogP contribution in [0.1, 0.15) is 32.1 Å². The van der Waals surface area contributed by atoms with Crippen LogP contribution in [0.5, 0.6) is 0 Å². The van der Waals surface area contributed by atoms with Gasteiger partial charge in [-0.15, -0.1) is 0 Å². The third-order valence-corrected chi connectivity index (χ3v) is 5.05. The maximum atomic E-state index is 12.5. The van der Waals surface area contributed by atoms with Crippen LogP contribution in [0, 0.1) is 5.92 Å². The van der Waals surface area contributed by atoms with E-state index in [2.05, 4.69) is 15.6 Å². The monoisotopic (exact) mass is 311 g/mol. The summed E-state index contributed by atoms with van der Waals surface area (Å²) < 4.78 is 5.27. The molecule has 0 spiro atoms. The molecule has 1 amide bonds. The zero-order valence-electron chi connectivity index (χ0n) is 13.0. The van der Waals surface area contributed by atoms with Gasteiger partial charge in [-0.2, -0.15) is 0 Å². The minimum atomic E-state index is -0.0583. The Morgan fingerprint density at radius 1 is 1.22 bits per heavy atom. The van der Waals surface area contributed by atoms with Crippen molar-refractivity contribution in [1.82, 2.24) is 10.3 Å². The number of carbonyl (C=O) groups is 1. The molecule has 5 heteroatoms. The van der Waals surface area contributed by atoms with Crippen molar-refractivity contribution < 1.29 is 9.21 Å². The zero-order valence-corrected chi connectivity index (χ0v) is 13.0. The Labute approximate surface area is 135 Å². The van der Waals surface area contributed by atoms with Crippen LogP contribution in [0.2, 0.25) is 0 Å². The molecule has 0 bridgehead atoms. The second kappa shape index (κ2) is 6.16. The molecule has 2 fully saturated rings. The summed E-state index contributed by atoms with van der Waals surface area (Å²) in [6.07, 6.45) is 9.11. The smallest absolute Gasteiger partial charge is 0.241 e. The van der Waals surface area contributed by atoms with Gasteiger partial charge in [-0.1, -0.05) is 12.8 Å². The van der Waals surface area contributed by atoms with Crippen LogP contribution in [-0.4, -0.2) is 23.0 Å². The number of fused-ring (bicyclic) bond motifs is 1. The minimum Gasteiger partial charge on any atom is -0.444 e. The third kappa shape index (κ3) is 3.01. The highest BCUT2D eigenvalue weighted by Crippen LogP contribution is 2.33. The fourth-order valence-corrected chi connectivity index (χ4v) is 3.83. The number of rotatable bonds is 3. The van der Waals surface area contributed by atoms with Gasteiger partial charge in [-0.05, 0) is 49.4 Å². The van der Waals surface area contributed by atoms with Gasteiger partial charge in [0.2, 0.25) is 5.91 Å². The first kappa shape index (κ1) is 14.5. The number of hydrogen-bond acceptors (Lipinski definition) is 4. The van der Waals surface area contributed by atoms with E-state index in [1.54, 1.807) is 6.20 Å². The van der Waals surface area contributed by atoms with Crippen molar-refractivity contribution in [2.24, 2.45) is 5.92 Å². The van der Waals surface area contributed by atoms with E-state index < -0.39 is 0 Å². The van der Waals surface area contributed by atoms with Gasteiger partial charge in [-0.3, -0.25) is 4.79 Å². The maximum absolute atomic E-state index is 12.5. The molecule has 4 rings (SSSR count). The molecule has 2 aromatic rings. The summed E-state index contributed by atoms with van der Waals surface area (Å²) in [7, 11) is 0. The Hall–Kier alpha value is -2.14. The molecule has 1 aromatic heterocycles. The van der Waals surface area contributed by atoms with E-state index in [-0.39, 0.29) is 11.9 Å². The second-order valence-electron chi connectivity index (χ2n) is 6.54. The van der Waals surface area contributed by atoms with E-state index in [1.165, 1.54) is 32.1 Å². The van der Waals surface area contributed by atoms with Crippen LogP contribution < -0.4 is 10.6 Å². The largest absolute Gasteiger partial charge is 0.444 e. The predicted octanol–water partition coefficient (Wildman–Crippen LogP) is 3.20. The van der Waals surface area contributed by atoms with Crippen LogP contribution in [0.3, 0.4) is 0 Å². The standard InChI is InChI=1S/C18H21N3O2/c22-18(16-9-13-3-1-2-4-15(13)21-16)20-14-7-5-12(6-8-14)17-10-19-11-23-17/h5-8,10-11,13,15-16,21H,1-4,9H2,(H,20,22). The summed E-state index contributed by atoms with van der Waals surface area (Å²) in [5.74, 6) is 1.48. The molecule has 1 saturated carbocycles. The summed E-state index contributed by atoms with van der Waals surface area (Å²) >= 11 is 0. The van der Waals surface area contributed by atoms with Crippen LogP contribution in [0.25, 0.3) is 11.3 Å². The SMILES string of the molecule is O=C(Nc1ccc(-c2cnco2)cc1)C1CC2CCCCC2N1.